The topological polar surface area (TPSA) is 41.4 Å². The number of hydrogen-bond acceptors (Lipinski definition) is 3. The van der Waals surface area contributed by atoms with Gasteiger partial charge in [0.05, 0.1) is 5.69 Å². The molecule has 156 valence electrons. The van der Waals surface area contributed by atoms with Crippen LogP contribution < -0.4 is 0 Å². The number of likely N-dealkylation sites (tertiary alicyclic amines) is 2. The molecule has 1 saturated carbocycles. The molecule has 3 heterocycles. The van der Waals surface area contributed by atoms with Crippen molar-refractivity contribution in [2.75, 3.05) is 32.7 Å². The van der Waals surface area contributed by atoms with Crippen LogP contribution in [-0.4, -0.2) is 58.2 Å². The van der Waals surface area contributed by atoms with Gasteiger partial charge in [-0.1, -0.05) is 32.1 Å². The summed E-state index contributed by atoms with van der Waals surface area (Å²) in [5.41, 5.74) is 2.03. The number of carbonyl (C=O) groups is 1. The van der Waals surface area contributed by atoms with Gasteiger partial charge in [0.2, 0.25) is 0 Å². The lowest BCUT2D eigenvalue weighted by atomic mass is 9.79. The maximum atomic E-state index is 13.1. The quantitative estimate of drug-likeness (QED) is 0.765. The van der Waals surface area contributed by atoms with Crippen LogP contribution in [0.2, 0.25) is 0 Å². The zero-order valence-electron chi connectivity index (χ0n) is 18.0. The van der Waals surface area contributed by atoms with Crippen molar-refractivity contribution in [3.05, 3.63) is 17.5 Å². The first kappa shape index (κ1) is 19.9. The van der Waals surface area contributed by atoms with Gasteiger partial charge in [0.15, 0.2) is 0 Å². The number of aromatic nitrogens is 2. The summed E-state index contributed by atoms with van der Waals surface area (Å²) in [5.74, 6) is 1.14. The summed E-state index contributed by atoms with van der Waals surface area (Å²) in [6.45, 7) is 10.3. The largest absolute Gasteiger partial charge is 0.337 e. The fourth-order valence-corrected chi connectivity index (χ4v) is 5.90. The van der Waals surface area contributed by atoms with E-state index in [0.717, 1.165) is 43.4 Å². The highest BCUT2D eigenvalue weighted by molar-refractivity contribution is 5.93. The molecule has 28 heavy (non-hydrogen) atoms. The van der Waals surface area contributed by atoms with Gasteiger partial charge in [0.1, 0.15) is 5.69 Å². The zero-order chi connectivity index (χ0) is 19.6. The molecule has 1 atom stereocenters. The van der Waals surface area contributed by atoms with E-state index >= 15 is 0 Å². The molecule has 1 aliphatic carbocycles. The smallest absolute Gasteiger partial charge is 0.272 e. The molecule has 5 nitrogen and oxygen atoms in total. The molecule has 0 aromatic carbocycles. The Hall–Kier alpha value is -1.36. The third-order valence-corrected chi connectivity index (χ3v) is 7.47. The molecule has 5 heteroatoms. The number of rotatable bonds is 5. The van der Waals surface area contributed by atoms with Crippen LogP contribution >= 0.6 is 0 Å². The molecule has 1 amide bonds. The lowest BCUT2D eigenvalue weighted by Crippen LogP contribution is -2.46. The van der Waals surface area contributed by atoms with Gasteiger partial charge >= 0.3 is 0 Å². The van der Waals surface area contributed by atoms with E-state index in [1.165, 1.54) is 71.0 Å². The van der Waals surface area contributed by atoms with Gasteiger partial charge in [-0.3, -0.25) is 9.48 Å². The lowest BCUT2D eigenvalue weighted by Gasteiger charge is -2.41. The van der Waals surface area contributed by atoms with Crippen molar-refractivity contribution < 1.29 is 4.79 Å². The van der Waals surface area contributed by atoms with Gasteiger partial charge in [-0.25, -0.2) is 0 Å². The SMILES string of the molecule is CCn1nc(C)cc1C(=O)N1CCC2(CCCN(CCC3CCCCC3)C2)C1. The molecule has 2 saturated heterocycles. The minimum absolute atomic E-state index is 0.179. The molecule has 3 aliphatic rings. The first-order valence-electron chi connectivity index (χ1n) is 11.6. The third kappa shape index (κ3) is 4.29. The number of piperidine rings is 1. The van der Waals surface area contributed by atoms with Crippen molar-refractivity contribution >= 4 is 5.91 Å². The number of amides is 1. The Morgan fingerprint density at radius 1 is 1.14 bits per heavy atom. The Labute approximate surface area is 170 Å². The summed E-state index contributed by atoms with van der Waals surface area (Å²) in [6.07, 6.45) is 12.4. The second-order valence-electron chi connectivity index (χ2n) is 9.64. The maximum absolute atomic E-state index is 13.1. The van der Waals surface area contributed by atoms with Crippen molar-refractivity contribution in [2.24, 2.45) is 11.3 Å². The zero-order valence-corrected chi connectivity index (χ0v) is 18.0. The highest BCUT2D eigenvalue weighted by Gasteiger charge is 2.43. The molecule has 3 fully saturated rings. The summed E-state index contributed by atoms with van der Waals surface area (Å²) >= 11 is 0. The molecule has 1 aromatic rings. The van der Waals surface area contributed by atoms with Crippen LogP contribution in [0.4, 0.5) is 0 Å². The Morgan fingerprint density at radius 3 is 2.75 bits per heavy atom. The molecule has 4 rings (SSSR count). The molecule has 0 bridgehead atoms. The average molecular weight is 387 g/mol. The minimum Gasteiger partial charge on any atom is -0.337 e. The molecule has 0 N–H and O–H groups in total. The Kier molecular flexibility index (Phi) is 6.10. The van der Waals surface area contributed by atoms with Crippen LogP contribution in [0.15, 0.2) is 6.07 Å². The van der Waals surface area contributed by atoms with Gasteiger partial charge < -0.3 is 9.80 Å². The first-order valence-corrected chi connectivity index (χ1v) is 11.6. The van der Waals surface area contributed by atoms with E-state index in [2.05, 4.69) is 21.8 Å². The second-order valence-corrected chi connectivity index (χ2v) is 9.64. The average Bonchev–Trinajstić information content (AvgIpc) is 3.30. The monoisotopic (exact) mass is 386 g/mol. The van der Waals surface area contributed by atoms with Crippen LogP contribution in [0.5, 0.6) is 0 Å². The van der Waals surface area contributed by atoms with Gasteiger partial charge in [-0.15, -0.1) is 0 Å². The summed E-state index contributed by atoms with van der Waals surface area (Å²) in [5, 5.41) is 4.47. The third-order valence-electron chi connectivity index (χ3n) is 7.47. The highest BCUT2D eigenvalue weighted by Crippen LogP contribution is 2.40. The number of nitrogens with zero attached hydrogens (tertiary/aromatic N) is 4. The highest BCUT2D eigenvalue weighted by atomic mass is 16.2. The molecular weight excluding hydrogens is 348 g/mol. The fourth-order valence-electron chi connectivity index (χ4n) is 5.90. The van der Waals surface area contributed by atoms with Crippen LogP contribution in [0.1, 0.15) is 80.9 Å². The van der Waals surface area contributed by atoms with E-state index in [4.69, 9.17) is 0 Å². The Bertz CT molecular complexity index is 678. The molecule has 1 unspecified atom stereocenters. The van der Waals surface area contributed by atoms with Crippen LogP contribution in [-0.2, 0) is 6.54 Å². The number of carbonyl (C=O) groups excluding carboxylic acids is 1. The number of hydrogen-bond donors (Lipinski definition) is 0. The Morgan fingerprint density at radius 2 is 1.96 bits per heavy atom. The normalized spacial score (nSPS) is 27.0. The van der Waals surface area contributed by atoms with E-state index in [-0.39, 0.29) is 5.91 Å². The maximum Gasteiger partial charge on any atom is 0.272 e. The molecule has 0 radical (unpaired) electrons. The van der Waals surface area contributed by atoms with E-state index in [1.807, 2.05) is 17.7 Å². The Balaban J connectivity index is 1.34. The summed E-state index contributed by atoms with van der Waals surface area (Å²) in [4.78, 5) is 18.0. The minimum atomic E-state index is 0.179. The van der Waals surface area contributed by atoms with Crippen LogP contribution in [0, 0.1) is 18.3 Å². The van der Waals surface area contributed by atoms with E-state index < -0.39 is 0 Å². The molecular formula is C23H38N4O. The fraction of sp³-hybridized carbons (Fsp3) is 0.826. The molecule has 1 spiro atoms. The van der Waals surface area contributed by atoms with Crippen molar-refractivity contribution in [3.63, 3.8) is 0 Å². The summed E-state index contributed by atoms with van der Waals surface area (Å²) < 4.78 is 1.86. The van der Waals surface area contributed by atoms with Crippen LogP contribution in [0.3, 0.4) is 0 Å². The van der Waals surface area contributed by atoms with Crippen LogP contribution in [0.25, 0.3) is 0 Å². The summed E-state index contributed by atoms with van der Waals surface area (Å²) in [7, 11) is 0. The predicted molar refractivity (Wildman–Crippen MR) is 112 cm³/mol. The van der Waals surface area contributed by atoms with Gasteiger partial charge in [-0.05, 0) is 64.6 Å². The van der Waals surface area contributed by atoms with E-state index in [1.54, 1.807) is 0 Å². The first-order chi connectivity index (χ1) is 13.6. The lowest BCUT2D eigenvalue weighted by molar-refractivity contribution is 0.0665. The van der Waals surface area contributed by atoms with E-state index in [0.29, 0.717) is 5.41 Å². The van der Waals surface area contributed by atoms with Gasteiger partial charge in [0, 0.05) is 31.6 Å². The van der Waals surface area contributed by atoms with E-state index in [9.17, 15) is 4.79 Å². The van der Waals surface area contributed by atoms with Crippen molar-refractivity contribution in [1.29, 1.82) is 0 Å². The van der Waals surface area contributed by atoms with Gasteiger partial charge in [0.25, 0.3) is 5.91 Å². The van der Waals surface area contributed by atoms with Crippen molar-refractivity contribution in [2.45, 2.75) is 78.2 Å². The van der Waals surface area contributed by atoms with Gasteiger partial charge in [-0.2, -0.15) is 5.10 Å². The summed E-state index contributed by atoms with van der Waals surface area (Å²) in [6, 6.07) is 1.95. The second kappa shape index (κ2) is 8.56. The van der Waals surface area contributed by atoms with Crippen molar-refractivity contribution in [3.8, 4) is 0 Å². The number of aryl methyl sites for hydroxylation is 2. The standard InChI is InChI=1S/C23H38N4O/c1-3-27-21(16-19(2)24-27)22(28)26-15-12-23(18-26)11-7-13-25(17-23)14-10-20-8-5-4-6-9-20/h16,20H,3-15,17-18H2,1-2H3. The van der Waals surface area contributed by atoms with Crippen molar-refractivity contribution in [1.82, 2.24) is 19.6 Å². The molecule has 1 aromatic heterocycles. The predicted octanol–water partition coefficient (Wildman–Crippen LogP) is 4.11. The molecule has 2 aliphatic heterocycles.